The molecule has 0 N–H and O–H groups in total. The minimum Gasteiger partial charge on any atom is -0.462 e. The highest BCUT2D eigenvalue weighted by Crippen LogP contribution is 2.51. The van der Waals surface area contributed by atoms with Crippen LogP contribution in [0.25, 0.3) is 0 Å². The molecule has 0 unspecified atom stereocenters. The van der Waals surface area contributed by atoms with Crippen molar-refractivity contribution in [1.82, 2.24) is 0 Å². The van der Waals surface area contributed by atoms with Crippen LogP contribution >= 0.6 is 0 Å². The molecule has 2 aliphatic rings. The predicted molar refractivity (Wildman–Crippen MR) is 239 cm³/mol. The van der Waals surface area contributed by atoms with Crippen molar-refractivity contribution >= 4 is 30.9 Å². The van der Waals surface area contributed by atoms with Crippen molar-refractivity contribution in [2.45, 2.75) is 258 Å². The summed E-state index contributed by atoms with van der Waals surface area (Å²) in [6, 6.07) is 0. The van der Waals surface area contributed by atoms with Crippen LogP contribution in [0.1, 0.15) is 178 Å². The van der Waals surface area contributed by atoms with Gasteiger partial charge in [-0.25, -0.2) is 0 Å². The van der Waals surface area contributed by atoms with E-state index in [-0.39, 0.29) is 12.6 Å². The third kappa shape index (κ3) is 11.4. The van der Waals surface area contributed by atoms with Crippen molar-refractivity contribution in [3.05, 3.63) is 0 Å². The van der Waals surface area contributed by atoms with E-state index in [4.69, 9.17) is 27.5 Å². The van der Waals surface area contributed by atoms with Crippen LogP contribution in [0, 0.1) is 11.3 Å². The van der Waals surface area contributed by atoms with Gasteiger partial charge in [-0.2, -0.15) is 0 Å². The van der Waals surface area contributed by atoms with E-state index in [0.717, 1.165) is 0 Å². The molecule has 7 nitrogen and oxygen atoms in total. The molecule has 10 heteroatoms. The number of esters is 1. The topological polar surface area (TPSA) is 72.5 Å². The molecule has 2 rings (SSSR count). The van der Waals surface area contributed by atoms with Crippen LogP contribution < -0.4 is 0 Å². The maximum absolute atomic E-state index is 13.5. The van der Waals surface area contributed by atoms with E-state index < -0.39 is 61.1 Å². The van der Waals surface area contributed by atoms with Crippen LogP contribution in [0.3, 0.4) is 0 Å². The monoisotopic (exact) mass is 829 g/mol. The van der Waals surface area contributed by atoms with Crippen molar-refractivity contribution in [2.75, 3.05) is 13.2 Å². The van der Waals surface area contributed by atoms with Gasteiger partial charge in [0, 0.05) is 0 Å². The summed E-state index contributed by atoms with van der Waals surface area (Å²) >= 11 is 0. The summed E-state index contributed by atoms with van der Waals surface area (Å²) in [5.74, 6) is 0.246. The molecule has 0 aromatic rings. The standard InChI is InChI=1S/C45H92O7Si3/c1-29(2)53(30(3)4,31(5)6)50-40-39(28-48-44(46)45(19,20)21)49-43(47-27-38-25-23-22-24-26-38)42(52-55(35(13)14,36(15)16)37(17)18)41(40)51-54(32(7)8,33(9)10)34(11)12/h29-43H,22-28H2,1-21H3/t39-,40-,41+,42-,43-/m1/s1. The minimum atomic E-state index is -2.55. The number of rotatable bonds is 20. The van der Waals surface area contributed by atoms with Crippen molar-refractivity contribution in [3.63, 3.8) is 0 Å². The Bertz CT molecular complexity index is 1070. The van der Waals surface area contributed by atoms with Gasteiger partial charge in [0.2, 0.25) is 25.0 Å². The van der Waals surface area contributed by atoms with Gasteiger partial charge in [-0.1, -0.05) is 144 Å². The zero-order chi connectivity index (χ0) is 42.4. The Morgan fingerprint density at radius 1 is 0.527 bits per heavy atom. The van der Waals surface area contributed by atoms with E-state index in [0.29, 0.717) is 62.4 Å². The molecule has 1 aliphatic heterocycles. The second kappa shape index (κ2) is 20.9. The van der Waals surface area contributed by atoms with Crippen LogP contribution in [0.15, 0.2) is 0 Å². The average Bonchev–Trinajstić information content (AvgIpc) is 3.05. The third-order valence-electron chi connectivity index (χ3n) is 13.9. The van der Waals surface area contributed by atoms with Crippen molar-refractivity contribution < 1.29 is 32.3 Å². The van der Waals surface area contributed by atoms with Crippen LogP contribution in [-0.2, 0) is 32.3 Å². The Balaban J connectivity index is 3.09. The molecule has 1 heterocycles. The summed E-state index contributed by atoms with van der Waals surface area (Å²) in [5.41, 5.74) is 2.47. The summed E-state index contributed by atoms with van der Waals surface area (Å²) in [6.45, 7) is 48.8. The molecule has 1 saturated carbocycles. The largest absolute Gasteiger partial charge is 0.462 e. The third-order valence-corrected chi connectivity index (χ3v) is 32.2. The van der Waals surface area contributed by atoms with Gasteiger partial charge in [-0.05, 0) is 89.4 Å². The number of hydrogen-bond donors (Lipinski definition) is 0. The highest BCUT2D eigenvalue weighted by Gasteiger charge is 2.60. The molecule has 55 heavy (non-hydrogen) atoms. The molecule has 0 spiro atoms. The lowest BCUT2D eigenvalue weighted by Crippen LogP contribution is -2.70. The first-order valence-electron chi connectivity index (χ1n) is 22.7. The van der Waals surface area contributed by atoms with Crippen LogP contribution in [0.2, 0.25) is 49.9 Å². The summed E-state index contributed by atoms with van der Waals surface area (Å²) in [4.78, 5) is 13.5. The predicted octanol–water partition coefficient (Wildman–Crippen LogP) is 13.6. The molecule has 0 radical (unpaired) electrons. The van der Waals surface area contributed by atoms with Gasteiger partial charge in [-0.3, -0.25) is 4.79 Å². The van der Waals surface area contributed by atoms with Gasteiger partial charge < -0.3 is 27.5 Å². The first kappa shape index (κ1) is 51.1. The highest BCUT2D eigenvalue weighted by molar-refractivity contribution is 6.79. The first-order valence-corrected chi connectivity index (χ1v) is 29.1. The van der Waals surface area contributed by atoms with Gasteiger partial charge >= 0.3 is 5.97 Å². The maximum atomic E-state index is 13.5. The van der Waals surface area contributed by atoms with E-state index in [1.54, 1.807) is 0 Å². The van der Waals surface area contributed by atoms with E-state index in [1.807, 2.05) is 20.8 Å². The van der Waals surface area contributed by atoms with Gasteiger partial charge in [0.05, 0.1) is 12.0 Å². The molecule has 0 aromatic carbocycles. The fourth-order valence-corrected chi connectivity index (χ4v) is 28.1. The number of ether oxygens (including phenoxy) is 3. The van der Waals surface area contributed by atoms with E-state index in [1.165, 1.54) is 32.1 Å². The highest BCUT2D eigenvalue weighted by atomic mass is 28.4. The van der Waals surface area contributed by atoms with Gasteiger partial charge in [0.1, 0.15) is 31.0 Å². The van der Waals surface area contributed by atoms with E-state index in [2.05, 4.69) is 125 Å². The Morgan fingerprint density at radius 3 is 1.22 bits per heavy atom. The summed E-state index contributed by atoms with van der Waals surface area (Å²) in [7, 11) is -7.60. The first-order chi connectivity index (χ1) is 25.2. The molecule has 0 bridgehead atoms. The Kier molecular flexibility index (Phi) is 19.4. The molecule has 1 saturated heterocycles. The molecule has 0 aromatic heterocycles. The molecule has 0 amide bonds. The van der Waals surface area contributed by atoms with Crippen molar-refractivity contribution in [3.8, 4) is 0 Å². The Hall–Kier alpha value is -0.0794. The van der Waals surface area contributed by atoms with Crippen LogP contribution in [-0.4, -0.2) is 74.8 Å². The van der Waals surface area contributed by atoms with Crippen LogP contribution in [0.4, 0.5) is 0 Å². The zero-order valence-corrected chi connectivity index (χ0v) is 43.0. The Morgan fingerprint density at radius 2 is 0.873 bits per heavy atom. The zero-order valence-electron chi connectivity index (χ0n) is 40.0. The number of carbonyl (C=O) groups is 1. The lowest BCUT2D eigenvalue weighted by Gasteiger charge is -2.57. The quantitative estimate of drug-likeness (QED) is 0.0894. The van der Waals surface area contributed by atoms with Gasteiger partial charge in [0.15, 0.2) is 6.29 Å². The van der Waals surface area contributed by atoms with Gasteiger partial charge in [-0.15, -0.1) is 0 Å². The molecule has 5 atom stereocenters. The fourth-order valence-electron chi connectivity index (χ4n) is 11.4. The summed E-state index contributed by atoms with van der Waals surface area (Å²) < 4.78 is 44.7. The molecule has 2 fully saturated rings. The lowest BCUT2D eigenvalue weighted by molar-refractivity contribution is -0.296. The summed E-state index contributed by atoms with van der Waals surface area (Å²) in [6.07, 6.45) is 3.40. The molecular formula is C45H92O7Si3. The second-order valence-corrected chi connectivity index (χ2v) is 37.6. The molecule has 326 valence electrons. The molecular weight excluding hydrogens is 737 g/mol. The Labute approximate surface area is 344 Å². The SMILES string of the molecule is CC(C)[Si](O[C@@H]1[C@@H](O[Si](C(C)C)(C(C)C)C(C)C)[C@H](OCC2CCCCC2)O[C@H](COC(=O)C(C)(C)C)[C@H]1O[Si](C(C)C)(C(C)C)C(C)C)(C(C)C)C(C)C. The fraction of sp³-hybridized carbons (Fsp3) is 0.978. The molecule has 1 aliphatic carbocycles. The van der Waals surface area contributed by atoms with Gasteiger partial charge in [0.25, 0.3) is 0 Å². The smallest absolute Gasteiger partial charge is 0.311 e. The van der Waals surface area contributed by atoms with E-state index in [9.17, 15) is 4.79 Å². The lowest BCUT2D eigenvalue weighted by atomic mass is 9.90. The maximum Gasteiger partial charge on any atom is 0.311 e. The van der Waals surface area contributed by atoms with Crippen LogP contribution in [0.5, 0.6) is 0 Å². The minimum absolute atomic E-state index is 0.0795. The van der Waals surface area contributed by atoms with Crippen molar-refractivity contribution in [1.29, 1.82) is 0 Å². The normalized spacial score (nSPS) is 24.3. The average molecular weight is 829 g/mol. The number of carbonyl (C=O) groups excluding carboxylic acids is 1. The number of hydrogen-bond acceptors (Lipinski definition) is 7. The van der Waals surface area contributed by atoms with Crippen molar-refractivity contribution in [2.24, 2.45) is 11.3 Å². The second-order valence-electron chi connectivity index (χ2n) is 21.4. The summed E-state index contributed by atoms with van der Waals surface area (Å²) in [5, 5.41) is 0. The van der Waals surface area contributed by atoms with E-state index >= 15 is 0 Å².